The summed E-state index contributed by atoms with van der Waals surface area (Å²) in [6.07, 6.45) is 4.17. The number of methoxy groups -OCH3 is 2. The molecular formula is C35H34F2N6O4. The van der Waals surface area contributed by atoms with Crippen LogP contribution in [-0.4, -0.2) is 68.7 Å². The van der Waals surface area contributed by atoms with Gasteiger partial charge in [-0.15, -0.1) is 0 Å². The molecule has 2 bridgehead atoms. The van der Waals surface area contributed by atoms with E-state index >= 15 is 0 Å². The summed E-state index contributed by atoms with van der Waals surface area (Å²) in [4.78, 5) is 37.4. The fraction of sp³-hybridized carbons (Fsp3) is 0.371. The van der Waals surface area contributed by atoms with Crippen LogP contribution in [-0.2, 0) is 18.3 Å². The van der Waals surface area contributed by atoms with Crippen LogP contribution < -0.4 is 10.5 Å². The Bertz CT molecular complexity index is 2100. The third-order valence-corrected chi connectivity index (χ3v) is 10.2. The zero-order valence-electron chi connectivity index (χ0n) is 26.3. The van der Waals surface area contributed by atoms with Crippen LogP contribution in [0.15, 0.2) is 42.5 Å². The Morgan fingerprint density at radius 2 is 1.77 bits per heavy atom. The van der Waals surface area contributed by atoms with Crippen molar-refractivity contribution in [2.24, 2.45) is 24.6 Å². The summed E-state index contributed by atoms with van der Waals surface area (Å²) in [5.41, 5.74) is 9.60. The number of piperidine rings is 1. The summed E-state index contributed by atoms with van der Waals surface area (Å²) in [5, 5.41) is 0.840. The summed E-state index contributed by atoms with van der Waals surface area (Å²) in [6.45, 7) is 1.37. The Hall–Kier alpha value is -4.84. The van der Waals surface area contributed by atoms with E-state index in [2.05, 4.69) is 9.30 Å². The number of rotatable bonds is 7. The van der Waals surface area contributed by atoms with Crippen LogP contribution in [0.25, 0.3) is 44.8 Å². The first-order valence-corrected chi connectivity index (χ1v) is 15.9. The third-order valence-electron chi connectivity index (χ3n) is 10.2. The summed E-state index contributed by atoms with van der Waals surface area (Å²) < 4.78 is 44.1. The first kappa shape index (κ1) is 29.6. The van der Waals surface area contributed by atoms with Crippen molar-refractivity contribution >= 4 is 33.9 Å². The van der Waals surface area contributed by atoms with Gasteiger partial charge in [0.05, 0.1) is 31.1 Å². The van der Waals surface area contributed by atoms with Crippen LogP contribution in [0.4, 0.5) is 8.78 Å². The first-order chi connectivity index (χ1) is 22.7. The molecular weight excluding hydrogens is 606 g/mol. The molecule has 1 amide bonds. The lowest BCUT2D eigenvalue weighted by molar-refractivity contribution is 0.0589. The molecule has 4 heterocycles. The monoisotopic (exact) mass is 640 g/mol. The molecule has 3 unspecified atom stereocenters. The van der Waals surface area contributed by atoms with E-state index in [9.17, 15) is 18.4 Å². The van der Waals surface area contributed by atoms with Crippen LogP contribution in [0.2, 0.25) is 0 Å². The number of pyridine rings is 1. The van der Waals surface area contributed by atoms with Crippen molar-refractivity contribution in [3.05, 3.63) is 65.2 Å². The fourth-order valence-electron chi connectivity index (χ4n) is 7.50. The lowest BCUT2D eigenvalue weighted by Gasteiger charge is -2.27. The smallest absolute Gasteiger partial charge is 0.343 e. The van der Waals surface area contributed by atoms with Crippen molar-refractivity contribution < 1.29 is 27.8 Å². The number of carbonyl (C=O) groups excluding carboxylic acids is 2. The summed E-state index contributed by atoms with van der Waals surface area (Å²) in [6, 6.07) is 11.4. The SMILES string of the molecule is COC(=O)c1c(F)cc(-c2ccc3cc(-c4nc5cc(C(=O)N6CC7CCC6C7N)cc(OC)c5n4C)n(CC4CC4)c3n2)cc1F. The van der Waals surface area contributed by atoms with Gasteiger partial charge in [-0.2, -0.15) is 0 Å². The average Bonchev–Trinajstić information content (AvgIpc) is 3.47. The molecule has 3 aromatic heterocycles. The Labute approximate surface area is 269 Å². The van der Waals surface area contributed by atoms with Crippen LogP contribution >= 0.6 is 0 Å². The number of fused-ring (bicyclic) bond motifs is 4. The number of aromatic nitrogens is 4. The van der Waals surface area contributed by atoms with Crippen molar-refractivity contribution in [1.29, 1.82) is 0 Å². The van der Waals surface area contributed by atoms with Gasteiger partial charge in [-0.1, -0.05) is 0 Å². The number of hydrogen-bond donors (Lipinski definition) is 1. The van der Waals surface area contributed by atoms with Crippen molar-refractivity contribution in [3.63, 3.8) is 0 Å². The van der Waals surface area contributed by atoms with E-state index in [0.29, 0.717) is 58.9 Å². The van der Waals surface area contributed by atoms with Gasteiger partial charge >= 0.3 is 5.97 Å². The molecule has 242 valence electrons. The lowest BCUT2D eigenvalue weighted by Crippen LogP contribution is -2.41. The number of amides is 1. The Kier molecular flexibility index (Phi) is 6.83. The van der Waals surface area contributed by atoms with Gasteiger partial charge in [-0.25, -0.2) is 23.5 Å². The molecule has 0 radical (unpaired) electrons. The van der Waals surface area contributed by atoms with E-state index < -0.39 is 23.2 Å². The molecule has 12 heteroatoms. The normalized spacial score (nSPS) is 20.5. The first-order valence-electron chi connectivity index (χ1n) is 15.9. The van der Waals surface area contributed by atoms with E-state index in [0.717, 1.165) is 61.5 Å². The van der Waals surface area contributed by atoms with E-state index in [1.54, 1.807) is 19.2 Å². The zero-order valence-corrected chi connectivity index (χ0v) is 26.3. The Balaban J connectivity index is 1.23. The van der Waals surface area contributed by atoms with Crippen LogP contribution in [0, 0.1) is 23.5 Å². The maximum Gasteiger partial charge on any atom is 0.343 e. The van der Waals surface area contributed by atoms with Gasteiger partial charge in [0, 0.05) is 48.7 Å². The number of aryl methyl sites for hydroxylation is 1. The molecule has 47 heavy (non-hydrogen) atoms. The maximum atomic E-state index is 14.8. The van der Waals surface area contributed by atoms with Crippen molar-refractivity contribution in [2.75, 3.05) is 20.8 Å². The molecule has 2 aromatic carbocycles. The van der Waals surface area contributed by atoms with Gasteiger partial charge in [0.1, 0.15) is 34.1 Å². The zero-order chi connectivity index (χ0) is 32.7. The number of likely N-dealkylation sites (tertiary alicyclic amines) is 1. The average molecular weight is 641 g/mol. The number of ether oxygens (including phenoxy) is 2. The van der Waals surface area contributed by atoms with Gasteiger partial charge in [0.25, 0.3) is 5.91 Å². The second-order valence-corrected chi connectivity index (χ2v) is 13.0. The molecule has 1 aliphatic heterocycles. The number of halogens is 2. The highest BCUT2D eigenvalue weighted by Crippen LogP contribution is 2.40. The molecule has 3 fully saturated rings. The van der Waals surface area contributed by atoms with E-state index in [-0.39, 0.29) is 23.6 Å². The second-order valence-electron chi connectivity index (χ2n) is 13.0. The summed E-state index contributed by atoms with van der Waals surface area (Å²) in [7, 11) is 4.57. The third kappa shape index (κ3) is 4.68. The van der Waals surface area contributed by atoms with Crippen molar-refractivity contribution in [1.82, 2.24) is 24.0 Å². The molecule has 5 aromatic rings. The van der Waals surface area contributed by atoms with Gasteiger partial charge in [-0.05, 0) is 80.0 Å². The topological polar surface area (TPSA) is 118 Å². The van der Waals surface area contributed by atoms with E-state index in [1.807, 2.05) is 34.7 Å². The molecule has 1 saturated heterocycles. The number of carbonyl (C=O) groups is 2. The molecule has 3 aliphatic rings. The summed E-state index contributed by atoms with van der Waals surface area (Å²) >= 11 is 0. The number of hydrogen-bond acceptors (Lipinski definition) is 7. The molecule has 3 atom stereocenters. The van der Waals surface area contributed by atoms with Crippen molar-refractivity contribution in [3.8, 4) is 28.5 Å². The van der Waals surface area contributed by atoms with Gasteiger partial charge in [-0.3, -0.25) is 4.79 Å². The Morgan fingerprint density at radius 3 is 2.40 bits per heavy atom. The van der Waals surface area contributed by atoms with Gasteiger partial charge in [0.2, 0.25) is 0 Å². The minimum atomic E-state index is -1.08. The predicted molar refractivity (Wildman–Crippen MR) is 171 cm³/mol. The quantitative estimate of drug-likeness (QED) is 0.240. The molecule has 0 spiro atoms. The number of imidazole rings is 1. The van der Waals surface area contributed by atoms with E-state index in [1.165, 1.54) is 0 Å². The molecule has 2 aliphatic carbocycles. The highest BCUT2D eigenvalue weighted by Gasteiger charge is 2.47. The van der Waals surface area contributed by atoms with Crippen LogP contribution in [0.5, 0.6) is 5.75 Å². The minimum absolute atomic E-state index is 0.0193. The van der Waals surface area contributed by atoms with Crippen LogP contribution in [0.1, 0.15) is 46.4 Å². The molecule has 2 saturated carbocycles. The number of nitrogens with zero attached hydrogens (tertiary/aromatic N) is 5. The van der Waals surface area contributed by atoms with Crippen molar-refractivity contribution in [2.45, 2.75) is 44.3 Å². The summed E-state index contributed by atoms with van der Waals surface area (Å²) in [5.74, 6) is -1.15. The molecule has 8 rings (SSSR count). The number of nitrogens with two attached hydrogens (primary N) is 1. The lowest BCUT2D eigenvalue weighted by atomic mass is 10.1. The largest absolute Gasteiger partial charge is 0.494 e. The van der Waals surface area contributed by atoms with Crippen LogP contribution in [0.3, 0.4) is 0 Å². The number of benzene rings is 2. The molecule has 2 N–H and O–H groups in total. The highest BCUT2D eigenvalue weighted by atomic mass is 19.1. The molecule has 10 nitrogen and oxygen atoms in total. The second kappa shape index (κ2) is 10.9. The fourth-order valence-corrected chi connectivity index (χ4v) is 7.50. The maximum absolute atomic E-state index is 14.8. The van der Waals surface area contributed by atoms with E-state index in [4.69, 9.17) is 20.4 Å². The Morgan fingerprint density at radius 1 is 1.00 bits per heavy atom. The highest BCUT2D eigenvalue weighted by molar-refractivity contribution is 6.00. The number of esters is 1. The van der Waals surface area contributed by atoms with Gasteiger partial charge < -0.3 is 29.2 Å². The predicted octanol–water partition coefficient (Wildman–Crippen LogP) is 5.30. The minimum Gasteiger partial charge on any atom is -0.494 e. The standard InChI is InChI=1S/C35H34F2N6O4/c1-41-31-25(12-21(14-28(31)46-2)34(44)43-16-19-7-9-26(43)30(19)38)40-33(41)27-13-18-6-8-24(39-32(18)42(27)15-17-4-5-17)20-10-22(36)29(23(37)11-20)35(45)47-3/h6,8,10-14,17,19,26,30H,4-5,7,9,15-16,38H2,1-3H3. The van der Waals surface area contributed by atoms with Gasteiger partial charge in [0.15, 0.2) is 5.82 Å².